The summed E-state index contributed by atoms with van der Waals surface area (Å²) in [6.45, 7) is 2.08. The van der Waals surface area contributed by atoms with Crippen LogP contribution in [0.5, 0.6) is 5.75 Å². The van der Waals surface area contributed by atoms with E-state index in [0.29, 0.717) is 28.7 Å². The minimum atomic E-state index is -0.572. The molecule has 1 heterocycles. The van der Waals surface area contributed by atoms with Gasteiger partial charge in [-0.3, -0.25) is 9.59 Å². The average molecular weight is 371 g/mol. The first-order valence-corrected chi connectivity index (χ1v) is 9.07. The Balaban J connectivity index is 1.66. The van der Waals surface area contributed by atoms with Gasteiger partial charge < -0.3 is 15.0 Å². The molecule has 6 heteroatoms. The monoisotopic (exact) mass is 370 g/mol. The summed E-state index contributed by atoms with van der Waals surface area (Å²) in [4.78, 5) is 26.4. The predicted molar refractivity (Wildman–Crippen MR) is 101 cm³/mol. The summed E-state index contributed by atoms with van der Waals surface area (Å²) in [5.74, 6) is 0.624. The Hall–Kier alpha value is -2.53. The Morgan fingerprint density at radius 2 is 2.04 bits per heavy atom. The largest absolute Gasteiger partial charge is 0.479 e. The van der Waals surface area contributed by atoms with Gasteiger partial charge in [-0.05, 0) is 49.6 Å². The summed E-state index contributed by atoms with van der Waals surface area (Å²) in [5.41, 5.74) is 2.16. The van der Waals surface area contributed by atoms with Crippen LogP contribution in [-0.2, 0) is 16.1 Å². The Bertz CT molecular complexity index is 879. The number of benzene rings is 2. The molecule has 2 amide bonds. The van der Waals surface area contributed by atoms with Crippen LogP contribution >= 0.6 is 11.6 Å². The maximum atomic E-state index is 12.7. The third-order valence-electron chi connectivity index (χ3n) is 4.67. The van der Waals surface area contributed by atoms with Crippen molar-refractivity contribution in [1.82, 2.24) is 0 Å². The van der Waals surface area contributed by atoms with Gasteiger partial charge >= 0.3 is 0 Å². The molecule has 2 aliphatic rings. The molecule has 1 atom stereocenters. The molecule has 1 unspecified atom stereocenters. The third-order valence-corrected chi connectivity index (χ3v) is 5.04. The highest BCUT2D eigenvalue weighted by molar-refractivity contribution is 6.31. The third kappa shape index (κ3) is 3.27. The van der Waals surface area contributed by atoms with Crippen molar-refractivity contribution in [3.8, 4) is 5.75 Å². The van der Waals surface area contributed by atoms with Crippen molar-refractivity contribution in [3.63, 3.8) is 0 Å². The highest BCUT2D eigenvalue weighted by atomic mass is 35.5. The quantitative estimate of drug-likeness (QED) is 0.884. The molecule has 1 saturated carbocycles. The van der Waals surface area contributed by atoms with Gasteiger partial charge in [0.2, 0.25) is 5.91 Å². The average Bonchev–Trinajstić information content (AvgIpc) is 3.46. The molecule has 1 aliphatic heterocycles. The molecule has 5 nitrogen and oxygen atoms in total. The van der Waals surface area contributed by atoms with Crippen LogP contribution in [0.2, 0.25) is 5.02 Å². The van der Waals surface area contributed by atoms with Gasteiger partial charge in [0.1, 0.15) is 5.75 Å². The zero-order valence-corrected chi connectivity index (χ0v) is 15.1. The second-order valence-electron chi connectivity index (χ2n) is 6.72. The minimum absolute atomic E-state index is 0.0269. The number of halogens is 1. The summed E-state index contributed by atoms with van der Waals surface area (Å²) in [6, 6.07) is 12.8. The summed E-state index contributed by atoms with van der Waals surface area (Å²) >= 11 is 6.27. The van der Waals surface area contributed by atoms with Crippen molar-refractivity contribution in [1.29, 1.82) is 0 Å². The van der Waals surface area contributed by atoms with Crippen LogP contribution in [0.15, 0.2) is 42.5 Å². The highest BCUT2D eigenvalue weighted by Gasteiger charge is 2.33. The maximum Gasteiger partial charge on any atom is 0.268 e. The van der Waals surface area contributed by atoms with Crippen LogP contribution in [0.1, 0.15) is 25.3 Å². The van der Waals surface area contributed by atoms with Crippen LogP contribution in [0.3, 0.4) is 0 Å². The van der Waals surface area contributed by atoms with Crippen molar-refractivity contribution in [2.45, 2.75) is 32.4 Å². The van der Waals surface area contributed by atoms with E-state index >= 15 is 0 Å². The fraction of sp³-hybridized carbons (Fsp3) is 0.300. The van der Waals surface area contributed by atoms with E-state index in [0.717, 1.165) is 18.4 Å². The first kappa shape index (κ1) is 16.9. The second kappa shape index (κ2) is 6.65. The first-order chi connectivity index (χ1) is 12.5. The fourth-order valence-corrected chi connectivity index (χ4v) is 3.23. The molecule has 1 fully saturated rings. The topological polar surface area (TPSA) is 58.6 Å². The molecule has 26 heavy (non-hydrogen) atoms. The van der Waals surface area contributed by atoms with Crippen LogP contribution < -0.4 is 15.0 Å². The number of hydrogen-bond donors (Lipinski definition) is 1. The molecule has 0 saturated heterocycles. The van der Waals surface area contributed by atoms with Crippen molar-refractivity contribution in [2.24, 2.45) is 5.92 Å². The van der Waals surface area contributed by atoms with E-state index in [9.17, 15) is 9.59 Å². The molecular formula is C20H19ClN2O3. The molecule has 1 N–H and O–H groups in total. The fourth-order valence-electron chi connectivity index (χ4n) is 3.03. The SMILES string of the molecule is CC1Oc2ccc(NC(=O)C3CC3)cc2N(Cc2ccccc2Cl)C1=O. The number of fused-ring (bicyclic) bond motifs is 1. The van der Waals surface area contributed by atoms with E-state index in [1.54, 1.807) is 36.1 Å². The summed E-state index contributed by atoms with van der Waals surface area (Å²) < 4.78 is 5.73. The Labute approximate surface area is 156 Å². The van der Waals surface area contributed by atoms with Gasteiger partial charge in [-0.1, -0.05) is 29.8 Å². The lowest BCUT2D eigenvalue weighted by Crippen LogP contribution is -2.44. The van der Waals surface area contributed by atoms with Crippen LogP contribution in [0.25, 0.3) is 0 Å². The molecule has 2 aromatic carbocycles. The molecule has 2 aromatic rings. The number of carbonyl (C=O) groups excluding carboxylic acids is 2. The zero-order chi connectivity index (χ0) is 18.3. The number of nitrogens with one attached hydrogen (secondary N) is 1. The lowest BCUT2D eigenvalue weighted by Gasteiger charge is -2.33. The summed E-state index contributed by atoms with van der Waals surface area (Å²) in [6.07, 6.45) is 1.31. The lowest BCUT2D eigenvalue weighted by molar-refractivity contribution is -0.125. The van der Waals surface area contributed by atoms with E-state index in [4.69, 9.17) is 16.3 Å². The normalized spacial score (nSPS) is 18.9. The van der Waals surface area contributed by atoms with Crippen LogP contribution in [0, 0.1) is 5.92 Å². The van der Waals surface area contributed by atoms with Gasteiger partial charge in [-0.2, -0.15) is 0 Å². The molecule has 0 aromatic heterocycles. The van der Waals surface area contributed by atoms with Gasteiger partial charge in [0.05, 0.1) is 12.2 Å². The van der Waals surface area contributed by atoms with Gasteiger partial charge in [-0.15, -0.1) is 0 Å². The first-order valence-electron chi connectivity index (χ1n) is 8.69. The molecule has 1 aliphatic carbocycles. The molecule has 4 rings (SSSR count). The Morgan fingerprint density at radius 3 is 2.77 bits per heavy atom. The van der Waals surface area contributed by atoms with Crippen molar-refractivity contribution < 1.29 is 14.3 Å². The van der Waals surface area contributed by atoms with Gasteiger partial charge in [0.25, 0.3) is 5.91 Å². The van der Waals surface area contributed by atoms with Crippen LogP contribution in [-0.4, -0.2) is 17.9 Å². The molecule has 0 spiro atoms. The number of ether oxygens (including phenoxy) is 1. The number of anilines is 2. The lowest BCUT2D eigenvalue weighted by atomic mass is 10.1. The van der Waals surface area contributed by atoms with Gasteiger partial charge in [0, 0.05) is 16.6 Å². The Kier molecular flexibility index (Phi) is 4.32. The molecular weight excluding hydrogens is 352 g/mol. The zero-order valence-electron chi connectivity index (χ0n) is 14.4. The smallest absolute Gasteiger partial charge is 0.268 e. The van der Waals surface area contributed by atoms with E-state index in [2.05, 4.69) is 5.32 Å². The van der Waals surface area contributed by atoms with Gasteiger partial charge in [-0.25, -0.2) is 0 Å². The molecule has 0 bridgehead atoms. The van der Waals surface area contributed by atoms with E-state index in [-0.39, 0.29) is 17.7 Å². The van der Waals surface area contributed by atoms with Crippen molar-refractivity contribution in [3.05, 3.63) is 53.1 Å². The minimum Gasteiger partial charge on any atom is -0.479 e. The summed E-state index contributed by atoms with van der Waals surface area (Å²) in [5, 5.41) is 3.53. The van der Waals surface area contributed by atoms with Crippen LogP contribution in [0.4, 0.5) is 11.4 Å². The maximum absolute atomic E-state index is 12.7. The number of hydrogen-bond acceptors (Lipinski definition) is 3. The predicted octanol–water partition coefficient (Wildman–Crippen LogP) is 4.00. The standard InChI is InChI=1S/C20H19ClN2O3/c1-12-20(25)23(11-14-4-2-3-5-16(14)21)17-10-15(8-9-18(17)26-12)22-19(24)13-6-7-13/h2-5,8-10,12-13H,6-7,11H2,1H3,(H,22,24). The van der Waals surface area contributed by atoms with Crippen molar-refractivity contribution >= 4 is 34.8 Å². The van der Waals surface area contributed by atoms with E-state index < -0.39 is 6.10 Å². The summed E-state index contributed by atoms with van der Waals surface area (Å²) in [7, 11) is 0. The van der Waals surface area contributed by atoms with Crippen molar-refractivity contribution in [2.75, 3.05) is 10.2 Å². The number of carbonyl (C=O) groups is 2. The van der Waals surface area contributed by atoms with Gasteiger partial charge in [0.15, 0.2) is 6.10 Å². The molecule has 134 valence electrons. The number of rotatable bonds is 4. The number of nitrogens with zero attached hydrogens (tertiary/aromatic N) is 1. The molecule has 0 radical (unpaired) electrons. The highest BCUT2D eigenvalue weighted by Crippen LogP contribution is 2.38. The van der Waals surface area contributed by atoms with E-state index in [1.807, 2.05) is 18.2 Å². The second-order valence-corrected chi connectivity index (χ2v) is 7.13. The Morgan fingerprint density at radius 1 is 1.27 bits per heavy atom. The number of amides is 2. The van der Waals surface area contributed by atoms with E-state index in [1.165, 1.54) is 0 Å².